The van der Waals surface area contributed by atoms with Gasteiger partial charge in [0.15, 0.2) is 0 Å². The average molecular weight is 246 g/mol. The highest BCUT2D eigenvalue weighted by molar-refractivity contribution is 5.35. The first-order chi connectivity index (χ1) is 8.63. The Bertz CT molecular complexity index is 408. The Kier molecular flexibility index (Phi) is 4.08. The second-order valence-corrected chi connectivity index (χ2v) is 5.83. The van der Waals surface area contributed by atoms with Crippen LogP contribution in [-0.2, 0) is 0 Å². The molecule has 2 rings (SSSR count). The van der Waals surface area contributed by atoms with Crippen LogP contribution < -0.4 is 10.6 Å². The van der Waals surface area contributed by atoms with Crippen molar-refractivity contribution in [3.05, 3.63) is 34.9 Å². The van der Waals surface area contributed by atoms with Crippen LogP contribution in [0.25, 0.3) is 0 Å². The number of aryl methyl sites for hydroxylation is 2. The number of rotatable bonds is 5. The zero-order valence-electron chi connectivity index (χ0n) is 12.1. The van der Waals surface area contributed by atoms with Gasteiger partial charge in [-0.15, -0.1) is 0 Å². The molecule has 2 nitrogen and oxygen atoms in total. The van der Waals surface area contributed by atoms with Gasteiger partial charge in [0.1, 0.15) is 0 Å². The molecule has 1 aromatic carbocycles. The van der Waals surface area contributed by atoms with E-state index in [2.05, 4.69) is 56.8 Å². The summed E-state index contributed by atoms with van der Waals surface area (Å²) < 4.78 is 0. The Morgan fingerprint density at radius 3 is 2.44 bits per heavy atom. The number of hydrogen-bond acceptors (Lipinski definition) is 2. The molecule has 0 radical (unpaired) electrons. The van der Waals surface area contributed by atoms with E-state index in [-0.39, 0.29) is 0 Å². The molecule has 18 heavy (non-hydrogen) atoms. The van der Waals surface area contributed by atoms with E-state index in [1.54, 1.807) is 0 Å². The fourth-order valence-electron chi connectivity index (χ4n) is 3.41. The predicted molar refractivity (Wildman–Crippen MR) is 77.9 cm³/mol. The van der Waals surface area contributed by atoms with E-state index in [9.17, 15) is 0 Å². The van der Waals surface area contributed by atoms with Gasteiger partial charge in [0.2, 0.25) is 0 Å². The molecule has 1 aliphatic carbocycles. The van der Waals surface area contributed by atoms with Gasteiger partial charge in [-0.25, -0.2) is 0 Å². The second-order valence-electron chi connectivity index (χ2n) is 5.83. The summed E-state index contributed by atoms with van der Waals surface area (Å²) in [5.41, 5.74) is 4.65. The van der Waals surface area contributed by atoms with Gasteiger partial charge in [-0.2, -0.15) is 0 Å². The van der Waals surface area contributed by atoms with Gasteiger partial charge in [-0.1, -0.05) is 30.2 Å². The van der Waals surface area contributed by atoms with Crippen LogP contribution in [0.15, 0.2) is 18.2 Å². The molecule has 0 spiro atoms. The number of hydrogen-bond donors (Lipinski definition) is 2. The van der Waals surface area contributed by atoms with Crippen LogP contribution in [0, 0.1) is 19.3 Å². The smallest absolute Gasteiger partial charge is 0.0389 e. The molecular weight excluding hydrogens is 220 g/mol. The van der Waals surface area contributed by atoms with Crippen molar-refractivity contribution >= 4 is 0 Å². The highest BCUT2D eigenvalue weighted by Gasteiger charge is 2.43. The lowest BCUT2D eigenvalue weighted by Gasteiger charge is -2.48. The maximum atomic E-state index is 3.57. The van der Waals surface area contributed by atoms with E-state index in [1.807, 2.05) is 0 Å². The fourth-order valence-corrected chi connectivity index (χ4v) is 3.41. The van der Waals surface area contributed by atoms with Crippen molar-refractivity contribution in [2.45, 2.75) is 39.2 Å². The molecule has 0 bridgehead atoms. The SMILES string of the molecule is CNCC1(C(NC)c2cc(C)ccc2C)CCC1. The van der Waals surface area contributed by atoms with Crippen molar-refractivity contribution in [3.8, 4) is 0 Å². The molecule has 1 aromatic rings. The molecule has 100 valence electrons. The third-order valence-electron chi connectivity index (χ3n) is 4.52. The molecule has 0 aliphatic heterocycles. The summed E-state index contributed by atoms with van der Waals surface area (Å²) in [6, 6.07) is 7.28. The van der Waals surface area contributed by atoms with Gasteiger partial charge in [0.25, 0.3) is 0 Å². The largest absolute Gasteiger partial charge is 0.319 e. The standard InChI is InChI=1S/C16H26N2/c1-12-6-7-13(2)14(10-12)15(18-4)16(11-17-3)8-5-9-16/h6-7,10,15,17-18H,5,8-9,11H2,1-4H3. The third kappa shape index (κ3) is 2.32. The normalized spacial score (nSPS) is 19.3. The summed E-state index contributed by atoms with van der Waals surface area (Å²) in [7, 11) is 4.16. The molecule has 2 heteroatoms. The van der Waals surface area contributed by atoms with Crippen LogP contribution in [0.1, 0.15) is 42.0 Å². The molecule has 1 aliphatic rings. The summed E-state index contributed by atoms with van der Waals surface area (Å²) >= 11 is 0. The lowest BCUT2D eigenvalue weighted by molar-refractivity contribution is 0.0785. The summed E-state index contributed by atoms with van der Waals surface area (Å²) in [5, 5.41) is 6.96. The van der Waals surface area contributed by atoms with Gasteiger partial charge in [-0.3, -0.25) is 0 Å². The van der Waals surface area contributed by atoms with Gasteiger partial charge < -0.3 is 10.6 Å². The molecule has 0 amide bonds. The van der Waals surface area contributed by atoms with Gasteiger partial charge in [0, 0.05) is 18.0 Å². The highest BCUT2D eigenvalue weighted by Crippen LogP contribution is 2.50. The Morgan fingerprint density at radius 1 is 1.22 bits per heavy atom. The van der Waals surface area contributed by atoms with Gasteiger partial charge in [-0.05, 0) is 51.9 Å². The molecule has 0 aromatic heterocycles. The minimum absolute atomic E-state index is 0.405. The van der Waals surface area contributed by atoms with Crippen molar-refractivity contribution in [2.24, 2.45) is 5.41 Å². The topological polar surface area (TPSA) is 24.1 Å². The third-order valence-corrected chi connectivity index (χ3v) is 4.52. The Balaban J connectivity index is 2.35. The summed E-state index contributed by atoms with van der Waals surface area (Å²) in [5.74, 6) is 0. The molecule has 2 N–H and O–H groups in total. The monoisotopic (exact) mass is 246 g/mol. The zero-order valence-corrected chi connectivity index (χ0v) is 12.1. The van der Waals surface area contributed by atoms with E-state index >= 15 is 0 Å². The fraction of sp³-hybridized carbons (Fsp3) is 0.625. The maximum absolute atomic E-state index is 3.57. The van der Waals surface area contributed by atoms with Crippen molar-refractivity contribution < 1.29 is 0 Å². The number of benzene rings is 1. The average Bonchev–Trinajstić information content (AvgIpc) is 2.31. The predicted octanol–water partition coefficient (Wildman–Crippen LogP) is 2.95. The van der Waals surface area contributed by atoms with Crippen molar-refractivity contribution in [2.75, 3.05) is 20.6 Å². The highest BCUT2D eigenvalue weighted by atomic mass is 14.9. The summed E-state index contributed by atoms with van der Waals surface area (Å²) in [6.45, 7) is 5.51. The number of nitrogens with one attached hydrogen (secondary N) is 2. The minimum atomic E-state index is 0.405. The quantitative estimate of drug-likeness (QED) is 0.834. The van der Waals surface area contributed by atoms with Crippen LogP contribution in [0.3, 0.4) is 0 Å². The van der Waals surface area contributed by atoms with Crippen LogP contribution in [0.2, 0.25) is 0 Å². The first kappa shape index (κ1) is 13.6. The Morgan fingerprint density at radius 2 is 1.94 bits per heavy atom. The molecule has 1 unspecified atom stereocenters. The van der Waals surface area contributed by atoms with Gasteiger partial charge >= 0.3 is 0 Å². The van der Waals surface area contributed by atoms with Crippen LogP contribution >= 0.6 is 0 Å². The van der Waals surface area contributed by atoms with E-state index in [0.717, 1.165) is 6.54 Å². The lowest BCUT2D eigenvalue weighted by Crippen LogP contribution is -2.48. The van der Waals surface area contributed by atoms with Crippen LogP contribution in [-0.4, -0.2) is 20.6 Å². The van der Waals surface area contributed by atoms with E-state index in [4.69, 9.17) is 0 Å². The Hall–Kier alpha value is -0.860. The van der Waals surface area contributed by atoms with E-state index < -0.39 is 0 Å². The molecule has 1 fully saturated rings. The van der Waals surface area contributed by atoms with Gasteiger partial charge in [0.05, 0.1) is 0 Å². The summed E-state index contributed by atoms with van der Waals surface area (Å²) in [6.07, 6.45) is 4.02. The second kappa shape index (κ2) is 5.41. The first-order valence-corrected chi connectivity index (χ1v) is 7.02. The molecule has 0 heterocycles. The Labute approximate surface area is 111 Å². The molecule has 0 saturated heterocycles. The minimum Gasteiger partial charge on any atom is -0.319 e. The van der Waals surface area contributed by atoms with Crippen molar-refractivity contribution in [1.29, 1.82) is 0 Å². The zero-order chi connectivity index (χ0) is 13.2. The van der Waals surface area contributed by atoms with Crippen LogP contribution in [0.5, 0.6) is 0 Å². The van der Waals surface area contributed by atoms with Crippen LogP contribution in [0.4, 0.5) is 0 Å². The van der Waals surface area contributed by atoms with Crippen molar-refractivity contribution in [1.82, 2.24) is 10.6 Å². The molecule has 1 saturated carbocycles. The van der Waals surface area contributed by atoms with E-state index in [0.29, 0.717) is 11.5 Å². The van der Waals surface area contributed by atoms with E-state index in [1.165, 1.54) is 36.0 Å². The lowest BCUT2D eigenvalue weighted by atomic mass is 9.62. The molecular formula is C16H26N2. The molecule has 1 atom stereocenters. The first-order valence-electron chi connectivity index (χ1n) is 7.02. The maximum Gasteiger partial charge on any atom is 0.0389 e. The van der Waals surface area contributed by atoms with Crippen molar-refractivity contribution in [3.63, 3.8) is 0 Å². The summed E-state index contributed by atoms with van der Waals surface area (Å²) in [4.78, 5) is 0.